The number of hydrogen-bond acceptors (Lipinski definition) is 4. The van der Waals surface area contributed by atoms with Crippen LogP contribution in [0.25, 0.3) is 0 Å². The Balaban J connectivity index is 1.36. The third kappa shape index (κ3) is 3.87. The largest absolute Gasteiger partial charge is 0.389 e. The fourth-order valence-electron chi connectivity index (χ4n) is 4.10. The molecule has 0 spiro atoms. The summed E-state index contributed by atoms with van der Waals surface area (Å²) >= 11 is 1.76. The number of aliphatic hydroxyl groups is 1. The highest BCUT2D eigenvalue weighted by molar-refractivity contribution is 7.09. The van der Waals surface area contributed by atoms with Gasteiger partial charge in [-0.1, -0.05) is 26.0 Å². The van der Waals surface area contributed by atoms with E-state index in [2.05, 4.69) is 42.3 Å². The normalized spacial score (nSPS) is 26.7. The van der Waals surface area contributed by atoms with Gasteiger partial charge >= 0.3 is 0 Å². The van der Waals surface area contributed by atoms with E-state index in [1.165, 1.54) is 23.3 Å². The molecular weight excluding hydrogens is 306 g/mol. The first-order chi connectivity index (χ1) is 11.0. The molecule has 0 aliphatic heterocycles. The van der Waals surface area contributed by atoms with E-state index < -0.39 is 6.10 Å². The summed E-state index contributed by atoms with van der Waals surface area (Å²) in [5.74, 6) is 1.56. The van der Waals surface area contributed by atoms with E-state index >= 15 is 0 Å². The van der Waals surface area contributed by atoms with Gasteiger partial charge in [0.25, 0.3) is 0 Å². The van der Waals surface area contributed by atoms with Gasteiger partial charge in [0.05, 0.1) is 19.3 Å². The van der Waals surface area contributed by atoms with Crippen molar-refractivity contribution in [3.8, 4) is 0 Å². The van der Waals surface area contributed by atoms with Crippen molar-refractivity contribution in [3.63, 3.8) is 0 Å². The van der Waals surface area contributed by atoms with E-state index in [4.69, 9.17) is 4.74 Å². The third-order valence-electron chi connectivity index (χ3n) is 5.69. The van der Waals surface area contributed by atoms with Gasteiger partial charge in [0.15, 0.2) is 0 Å². The summed E-state index contributed by atoms with van der Waals surface area (Å²) in [4.78, 5) is 3.48. The highest BCUT2D eigenvalue weighted by atomic mass is 32.1. The number of nitrogens with zero attached hydrogens (tertiary/aromatic N) is 1. The van der Waals surface area contributed by atoms with Gasteiger partial charge in [-0.25, -0.2) is 0 Å². The first kappa shape index (κ1) is 17.2. The van der Waals surface area contributed by atoms with Crippen LogP contribution in [-0.4, -0.2) is 42.9 Å². The second-order valence-corrected chi connectivity index (χ2v) is 8.80. The van der Waals surface area contributed by atoms with Crippen molar-refractivity contribution in [2.75, 3.05) is 26.8 Å². The minimum Gasteiger partial charge on any atom is -0.389 e. The Morgan fingerprint density at radius 3 is 2.96 bits per heavy atom. The zero-order chi connectivity index (χ0) is 16.4. The molecule has 1 heterocycles. The standard InChI is InChI=1S/C19H29NO2S/c1-19(2)15-7-6-14(18(19)9-15)12-22-13-16(21)10-20(3)11-17-5-4-8-23-17/h4-6,8,15-16,18,21H,7,9-13H2,1-3H3/t15-,16+,18+/m0/s1. The summed E-state index contributed by atoms with van der Waals surface area (Å²) in [5, 5.41) is 12.3. The quantitative estimate of drug-likeness (QED) is 0.738. The first-order valence-corrected chi connectivity index (χ1v) is 9.50. The fraction of sp³-hybridized carbons (Fsp3) is 0.684. The summed E-state index contributed by atoms with van der Waals surface area (Å²) in [6.45, 7) is 7.40. The molecule has 1 fully saturated rings. The number of allylic oxidation sites excluding steroid dienone is 1. The van der Waals surface area contributed by atoms with Crippen molar-refractivity contribution < 1.29 is 9.84 Å². The summed E-state index contributed by atoms with van der Waals surface area (Å²) < 4.78 is 5.82. The van der Waals surface area contributed by atoms with Gasteiger partial charge in [-0.05, 0) is 54.2 Å². The summed E-state index contributed by atoms with van der Waals surface area (Å²) in [6.07, 6.45) is 4.48. The maximum absolute atomic E-state index is 10.2. The summed E-state index contributed by atoms with van der Waals surface area (Å²) in [6, 6.07) is 4.20. The van der Waals surface area contributed by atoms with Gasteiger partial charge < -0.3 is 9.84 Å². The lowest BCUT2D eigenvalue weighted by Gasteiger charge is -2.56. The van der Waals surface area contributed by atoms with Gasteiger partial charge in [-0.3, -0.25) is 4.90 Å². The van der Waals surface area contributed by atoms with Gasteiger partial charge in [-0.2, -0.15) is 0 Å². The van der Waals surface area contributed by atoms with Crippen molar-refractivity contribution in [3.05, 3.63) is 34.0 Å². The molecule has 2 bridgehead atoms. The zero-order valence-corrected chi connectivity index (χ0v) is 15.3. The molecule has 0 amide bonds. The van der Waals surface area contributed by atoms with Crippen LogP contribution in [0.3, 0.4) is 0 Å². The Morgan fingerprint density at radius 2 is 2.30 bits per heavy atom. The molecule has 1 N–H and O–H groups in total. The Hall–Kier alpha value is -0.680. The highest BCUT2D eigenvalue weighted by Crippen LogP contribution is 2.59. The number of fused-ring (bicyclic) bond motifs is 1. The lowest BCUT2D eigenvalue weighted by atomic mass is 9.49. The summed E-state index contributed by atoms with van der Waals surface area (Å²) in [7, 11) is 2.05. The van der Waals surface area contributed by atoms with E-state index in [9.17, 15) is 5.11 Å². The van der Waals surface area contributed by atoms with Crippen LogP contribution in [0.2, 0.25) is 0 Å². The topological polar surface area (TPSA) is 32.7 Å². The van der Waals surface area contributed by atoms with Gasteiger partial charge in [-0.15, -0.1) is 11.3 Å². The van der Waals surface area contributed by atoms with Crippen LogP contribution in [0.5, 0.6) is 0 Å². The molecule has 3 aliphatic carbocycles. The predicted molar refractivity (Wildman–Crippen MR) is 95.6 cm³/mol. The molecule has 0 aromatic carbocycles. The Labute approximate surface area is 144 Å². The van der Waals surface area contributed by atoms with Crippen LogP contribution in [0.1, 0.15) is 31.6 Å². The number of thiophene rings is 1. The molecule has 3 aliphatic rings. The second kappa shape index (κ2) is 7.06. The van der Waals surface area contributed by atoms with Crippen molar-refractivity contribution in [2.24, 2.45) is 17.3 Å². The second-order valence-electron chi connectivity index (χ2n) is 7.77. The van der Waals surface area contributed by atoms with Gasteiger partial charge in [0.1, 0.15) is 0 Å². The molecule has 0 radical (unpaired) electrons. The number of likely N-dealkylation sites (N-methyl/N-ethyl adjacent to an activating group) is 1. The van der Waals surface area contributed by atoms with Gasteiger partial charge in [0.2, 0.25) is 0 Å². The lowest BCUT2D eigenvalue weighted by molar-refractivity contribution is -0.0257. The number of aliphatic hydroxyl groups excluding tert-OH is 1. The van der Waals surface area contributed by atoms with E-state index in [-0.39, 0.29) is 0 Å². The maximum atomic E-state index is 10.2. The Kier molecular flexibility index (Phi) is 5.26. The molecule has 128 valence electrons. The SMILES string of the molecule is CN(Cc1cccs1)C[C@@H](O)COCC1=CC[C@H]2C[C@H]1C2(C)C. The molecule has 1 aromatic heterocycles. The molecule has 1 saturated carbocycles. The van der Waals surface area contributed by atoms with Crippen LogP contribution >= 0.6 is 11.3 Å². The monoisotopic (exact) mass is 335 g/mol. The summed E-state index contributed by atoms with van der Waals surface area (Å²) in [5.41, 5.74) is 1.91. The minimum atomic E-state index is -0.425. The maximum Gasteiger partial charge on any atom is 0.0900 e. The molecule has 4 rings (SSSR count). The van der Waals surface area contributed by atoms with E-state index in [0.717, 1.165) is 12.5 Å². The third-order valence-corrected chi connectivity index (χ3v) is 6.55. The van der Waals surface area contributed by atoms with Crippen LogP contribution in [0.4, 0.5) is 0 Å². The molecule has 0 unspecified atom stereocenters. The molecule has 0 saturated heterocycles. The average Bonchev–Trinajstić information content (AvgIpc) is 2.99. The predicted octanol–water partition coefficient (Wildman–Crippen LogP) is 3.55. The van der Waals surface area contributed by atoms with Crippen LogP contribution in [0.15, 0.2) is 29.2 Å². The lowest BCUT2D eigenvalue weighted by Crippen LogP contribution is -2.48. The van der Waals surface area contributed by atoms with Crippen molar-refractivity contribution >= 4 is 11.3 Å². The molecule has 4 heteroatoms. The van der Waals surface area contributed by atoms with E-state index in [0.29, 0.717) is 31.1 Å². The van der Waals surface area contributed by atoms with Crippen LogP contribution in [-0.2, 0) is 11.3 Å². The molecule has 23 heavy (non-hydrogen) atoms. The van der Waals surface area contributed by atoms with Crippen LogP contribution < -0.4 is 0 Å². The molecule has 3 nitrogen and oxygen atoms in total. The minimum absolute atomic E-state index is 0.419. The number of hydrogen-bond donors (Lipinski definition) is 1. The van der Waals surface area contributed by atoms with E-state index in [1.807, 2.05) is 7.05 Å². The average molecular weight is 336 g/mol. The van der Waals surface area contributed by atoms with Crippen LogP contribution in [0, 0.1) is 17.3 Å². The fourth-order valence-corrected chi connectivity index (χ4v) is 4.88. The molecular formula is C19H29NO2S. The number of rotatable bonds is 8. The smallest absolute Gasteiger partial charge is 0.0900 e. The molecule has 3 atom stereocenters. The zero-order valence-electron chi connectivity index (χ0n) is 14.5. The highest BCUT2D eigenvalue weighted by Gasteiger charge is 2.50. The van der Waals surface area contributed by atoms with Crippen molar-refractivity contribution in [1.29, 1.82) is 0 Å². The Bertz CT molecular complexity index is 538. The van der Waals surface area contributed by atoms with Crippen molar-refractivity contribution in [1.82, 2.24) is 4.90 Å². The van der Waals surface area contributed by atoms with E-state index in [1.54, 1.807) is 11.3 Å². The van der Waals surface area contributed by atoms with Gasteiger partial charge in [0, 0.05) is 18.0 Å². The number of ether oxygens (including phenoxy) is 1. The van der Waals surface area contributed by atoms with Crippen molar-refractivity contribution in [2.45, 2.75) is 39.3 Å². The Morgan fingerprint density at radius 1 is 1.48 bits per heavy atom. The first-order valence-electron chi connectivity index (χ1n) is 8.62. The molecule has 1 aromatic rings.